The molecule has 1 aromatic carbocycles. The summed E-state index contributed by atoms with van der Waals surface area (Å²) in [6, 6.07) is 8.45. The van der Waals surface area contributed by atoms with Gasteiger partial charge < -0.3 is 4.74 Å². The Morgan fingerprint density at radius 1 is 1.47 bits per heavy atom. The van der Waals surface area contributed by atoms with Crippen LogP contribution in [0.25, 0.3) is 0 Å². The third kappa shape index (κ3) is 2.83. The predicted molar refractivity (Wildman–Crippen MR) is 64.2 cm³/mol. The van der Waals surface area contributed by atoms with Crippen molar-refractivity contribution < 1.29 is 4.74 Å². The second-order valence-electron chi connectivity index (χ2n) is 3.65. The summed E-state index contributed by atoms with van der Waals surface area (Å²) >= 11 is 0. The Morgan fingerprint density at radius 2 is 2.13 bits per heavy atom. The molecule has 2 nitrogen and oxygen atoms in total. The Balaban J connectivity index is 2.89. The van der Waals surface area contributed by atoms with Gasteiger partial charge in [-0.15, -0.1) is 6.58 Å². The minimum atomic E-state index is 0.333. The van der Waals surface area contributed by atoms with Gasteiger partial charge in [-0.25, -0.2) is 0 Å². The number of rotatable bonds is 5. The third-order valence-electron chi connectivity index (χ3n) is 2.67. The van der Waals surface area contributed by atoms with Crippen molar-refractivity contribution in [3.8, 4) is 5.75 Å². The molecule has 2 heteroatoms. The van der Waals surface area contributed by atoms with E-state index in [1.165, 1.54) is 5.56 Å². The van der Waals surface area contributed by atoms with Gasteiger partial charge in [0.25, 0.3) is 0 Å². The summed E-state index contributed by atoms with van der Waals surface area (Å²) in [5.41, 5.74) is 1.21. The highest BCUT2D eigenvalue weighted by Crippen LogP contribution is 2.27. The molecule has 0 saturated heterocycles. The van der Waals surface area contributed by atoms with E-state index in [-0.39, 0.29) is 0 Å². The number of benzene rings is 1. The van der Waals surface area contributed by atoms with Crippen molar-refractivity contribution in [3.05, 3.63) is 42.5 Å². The first kappa shape index (κ1) is 11.8. The topological polar surface area (TPSA) is 12.5 Å². The van der Waals surface area contributed by atoms with E-state index in [9.17, 15) is 0 Å². The van der Waals surface area contributed by atoms with Crippen molar-refractivity contribution in [2.45, 2.75) is 13.0 Å². The smallest absolute Gasteiger partial charge is 0.123 e. The summed E-state index contributed by atoms with van der Waals surface area (Å²) < 4.78 is 5.34. The van der Waals surface area contributed by atoms with Crippen molar-refractivity contribution in [3.63, 3.8) is 0 Å². The lowest BCUT2D eigenvalue weighted by atomic mass is 10.1. The molecule has 0 aromatic heterocycles. The van der Waals surface area contributed by atoms with Gasteiger partial charge in [-0.2, -0.15) is 0 Å². The molecule has 0 spiro atoms. The summed E-state index contributed by atoms with van der Waals surface area (Å²) in [4.78, 5) is 2.23. The molecule has 0 bridgehead atoms. The van der Waals surface area contributed by atoms with Crippen LogP contribution in [0.5, 0.6) is 5.75 Å². The van der Waals surface area contributed by atoms with Gasteiger partial charge in [0.15, 0.2) is 0 Å². The van der Waals surface area contributed by atoms with Gasteiger partial charge in [0, 0.05) is 18.2 Å². The molecule has 1 atom stereocenters. The Morgan fingerprint density at radius 3 is 2.73 bits per heavy atom. The molecule has 0 heterocycles. The molecule has 0 radical (unpaired) electrons. The molecular weight excluding hydrogens is 186 g/mol. The zero-order chi connectivity index (χ0) is 11.3. The molecular formula is C13H19NO. The number of hydrogen-bond acceptors (Lipinski definition) is 2. The molecule has 0 saturated carbocycles. The number of likely N-dealkylation sites (N-methyl/N-ethyl adjacent to an activating group) is 1. The Kier molecular flexibility index (Phi) is 4.37. The minimum absolute atomic E-state index is 0.333. The van der Waals surface area contributed by atoms with Gasteiger partial charge >= 0.3 is 0 Å². The van der Waals surface area contributed by atoms with Crippen molar-refractivity contribution >= 4 is 0 Å². The maximum atomic E-state index is 5.34. The van der Waals surface area contributed by atoms with Crippen molar-refractivity contribution in [1.29, 1.82) is 0 Å². The molecule has 15 heavy (non-hydrogen) atoms. The van der Waals surface area contributed by atoms with E-state index >= 15 is 0 Å². The lowest BCUT2D eigenvalue weighted by Gasteiger charge is -2.25. The van der Waals surface area contributed by atoms with Crippen LogP contribution in [0.1, 0.15) is 18.5 Å². The van der Waals surface area contributed by atoms with Crippen LogP contribution >= 0.6 is 0 Å². The number of ether oxygens (including phenoxy) is 1. The zero-order valence-electron chi connectivity index (χ0n) is 9.73. The van der Waals surface area contributed by atoms with Crippen LogP contribution in [0, 0.1) is 0 Å². The van der Waals surface area contributed by atoms with E-state index in [1.54, 1.807) is 7.11 Å². The van der Waals surface area contributed by atoms with Gasteiger partial charge in [0.2, 0.25) is 0 Å². The SMILES string of the molecule is C=CCN(C)[C@@H](C)c1ccccc1OC. The van der Waals surface area contributed by atoms with Crippen LogP contribution in [0.2, 0.25) is 0 Å². The fourth-order valence-electron chi connectivity index (χ4n) is 1.61. The average molecular weight is 205 g/mol. The van der Waals surface area contributed by atoms with E-state index in [2.05, 4.69) is 31.5 Å². The normalized spacial score (nSPS) is 12.5. The summed E-state index contributed by atoms with van der Waals surface area (Å²) in [7, 11) is 3.79. The molecule has 0 aliphatic carbocycles. The highest BCUT2D eigenvalue weighted by molar-refractivity contribution is 5.35. The second-order valence-corrected chi connectivity index (χ2v) is 3.65. The Hall–Kier alpha value is -1.28. The highest BCUT2D eigenvalue weighted by atomic mass is 16.5. The fraction of sp³-hybridized carbons (Fsp3) is 0.385. The van der Waals surface area contributed by atoms with Crippen LogP contribution in [0.4, 0.5) is 0 Å². The lowest BCUT2D eigenvalue weighted by molar-refractivity contribution is 0.281. The maximum absolute atomic E-state index is 5.34. The largest absolute Gasteiger partial charge is 0.496 e. The lowest BCUT2D eigenvalue weighted by Crippen LogP contribution is -2.22. The van der Waals surface area contributed by atoms with E-state index in [0.717, 1.165) is 12.3 Å². The van der Waals surface area contributed by atoms with Gasteiger partial charge in [-0.1, -0.05) is 24.3 Å². The van der Waals surface area contributed by atoms with Crippen LogP contribution < -0.4 is 4.74 Å². The van der Waals surface area contributed by atoms with E-state index in [0.29, 0.717) is 6.04 Å². The Labute approximate surface area is 92.2 Å². The van der Waals surface area contributed by atoms with Gasteiger partial charge in [-0.3, -0.25) is 4.90 Å². The molecule has 82 valence electrons. The van der Waals surface area contributed by atoms with Crippen molar-refractivity contribution in [1.82, 2.24) is 4.90 Å². The summed E-state index contributed by atoms with van der Waals surface area (Å²) in [6.45, 7) is 6.79. The second kappa shape index (κ2) is 5.56. The monoisotopic (exact) mass is 205 g/mol. The molecule has 0 fully saturated rings. The maximum Gasteiger partial charge on any atom is 0.123 e. The predicted octanol–water partition coefficient (Wildman–Crippen LogP) is 2.87. The molecule has 1 aromatic rings. The molecule has 0 aliphatic heterocycles. The number of hydrogen-bond donors (Lipinski definition) is 0. The van der Waals surface area contributed by atoms with Crippen LogP contribution in [-0.4, -0.2) is 25.6 Å². The van der Waals surface area contributed by atoms with Crippen molar-refractivity contribution in [2.75, 3.05) is 20.7 Å². The average Bonchev–Trinajstić information content (AvgIpc) is 2.28. The van der Waals surface area contributed by atoms with Crippen LogP contribution in [0.3, 0.4) is 0 Å². The molecule has 0 amide bonds. The first-order valence-electron chi connectivity index (χ1n) is 5.14. The highest BCUT2D eigenvalue weighted by Gasteiger charge is 2.13. The molecule has 0 aliphatic rings. The zero-order valence-corrected chi connectivity index (χ0v) is 9.73. The minimum Gasteiger partial charge on any atom is -0.496 e. The third-order valence-corrected chi connectivity index (χ3v) is 2.67. The molecule has 0 N–H and O–H groups in total. The number of nitrogens with zero attached hydrogens (tertiary/aromatic N) is 1. The Bertz CT molecular complexity index is 322. The standard InChI is InChI=1S/C13H19NO/c1-5-10-14(3)11(2)12-8-6-7-9-13(12)15-4/h5-9,11H,1,10H2,2-4H3/t11-/m0/s1. The van der Waals surface area contributed by atoms with E-state index in [1.807, 2.05) is 24.3 Å². The first-order chi connectivity index (χ1) is 7.20. The first-order valence-corrected chi connectivity index (χ1v) is 5.14. The molecule has 1 rings (SSSR count). The van der Waals surface area contributed by atoms with Gasteiger partial charge in [-0.05, 0) is 20.0 Å². The van der Waals surface area contributed by atoms with Crippen LogP contribution in [0.15, 0.2) is 36.9 Å². The van der Waals surface area contributed by atoms with Gasteiger partial charge in [0.05, 0.1) is 7.11 Å². The summed E-state index contributed by atoms with van der Waals surface area (Å²) in [6.07, 6.45) is 1.91. The summed E-state index contributed by atoms with van der Waals surface area (Å²) in [5, 5.41) is 0. The van der Waals surface area contributed by atoms with E-state index in [4.69, 9.17) is 4.74 Å². The summed E-state index contributed by atoms with van der Waals surface area (Å²) in [5.74, 6) is 0.945. The number of methoxy groups -OCH3 is 1. The molecule has 0 unspecified atom stereocenters. The number of para-hydroxylation sites is 1. The quantitative estimate of drug-likeness (QED) is 0.685. The van der Waals surface area contributed by atoms with E-state index < -0.39 is 0 Å². The fourth-order valence-corrected chi connectivity index (χ4v) is 1.61. The van der Waals surface area contributed by atoms with Gasteiger partial charge in [0.1, 0.15) is 5.75 Å². The van der Waals surface area contributed by atoms with Crippen molar-refractivity contribution in [2.24, 2.45) is 0 Å². The van der Waals surface area contributed by atoms with Crippen LogP contribution in [-0.2, 0) is 0 Å².